The van der Waals surface area contributed by atoms with Gasteiger partial charge in [0.25, 0.3) is 0 Å². The van der Waals surface area contributed by atoms with Gasteiger partial charge in [-0.1, -0.05) is 18.2 Å². The molecule has 0 aromatic heterocycles. The molecule has 0 bridgehead atoms. The molecule has 0 saturated carbocycles. The third-order valence-corrected chi connectivity index (χ3v) is 4.52. The van der Waals surface area contributed by atoms with Gasteiger partial charge in [-0.05, 0) is 37.5 Å². The Kier molecular flexibility index (Phi) is 5.07. The van der Waals surface area contributed by atoms with Gasteiger partial charge in [0.1, 0.15) is 17.3 Å². The number of amides is 2. The summed E-state index contributed by atoms with van der Waals surface area (Å²) in [4.78, 5) is 14.3. The predicted octanol–water partition coefficient (Wildman–Crippen LogP) is 3.67. The molecule has 2 aromatic rings. The van der Waals surface area contributed by atoms with Crippen LogP contribution in [0.2, 0.25) is 0 Å². The van der Waals surface area contributed by atoms with E-state index in [1.165, 1.54) is 18.2 Å². The molecular weight excluding hydrogens is 323 g/mol. The number of aromatic hydroxyl groups is 2. The van der Waals surface area contributed by atoms with Crippen LogP contribution in [-0.4, -0.2) is 27.7 Å². The van der Waals surface area contributed by atoms with Gasteiger partial charge in [0.05, 0.1) is 6.04 Å². The van der Waals surface area contributed by atoms with Gasteiger partial charge in [-0.15, -0.1) is 0 Å². The quantitative estimate of drug-likeness (QED) is 0.795. The summed E-state index contributed by atoms with van der Waals surface area (Å²) in [5.41, 5.74) is 1.04. The fourth-order valence-corrected chi connectivity index (χ4v) is 3.23. The second-order valence-electron chi connectivity index (χ2n) is 6.20. The van der Waals surface area contributed by atoms with E-state index in [-0.39, 0.29) is 35.9 Å². The summed E-state index contributed by atoms with van der Waals surface area (Å²) in [5, 5.41) is 22.3. The van der Waals surface area contributed by atoms with Gasteiger partial charge in [-0.25, -0.2) is 9.18 Å². The Morgan fingerprint density at radius 1 is 1.20 bits per heavy atom. The molecule has 3 N–H and O–H groups in total. The summed E-state index contributed by atoms with van der Waals surface area (Å²) in [6, 6.07) is 10.2. The second kappa shape index (κ2) is 7.42. The van der Waals surface area contributed by atoms with E-state index >= 15 is 0 Å². The Morgan fingerprint density at radius 3 is 2.76 bits per heavy atom. The van der Waals surface area contributed by atoms with E-state index in [1.807, 2.05) is 0 Å². The highest BCUT2D eigenvalue weighted by atomic mass is 19.1. The van der Waals surface area contributed by atoms with Crippen LogP contribution in [0.25, 0.3) is 0 Å². The number of phenols is 2. The molecule has 1 atom stereocenters. The molecule has 0 radical (unpaired) electrons. The number of rotatable bonds is 3. The monoisotopic (exact) mass is 344 g/mol. The lowest BCUT2D eigenvalue weighted by atomic mass is 9.94. The number of urea groups is 1. The third kappa shape index (κ3) is 3.84. The van der Waals surface area contributed by atoms with Gasteiger partial charge in [0, 0.05) is 30.3 Å². The highest BCUT2D eigenvalue weighted by Crippen LogP contribution is 2.37. The minimum atomic E-state index is -0.353. The summed E-state index contributed by atoms with van der Waals surface area (Å²) >= 11 is 0. The highest BCUT2D eigenvalue weighted by Gasteiger charge is 2.29. The van der Waals surface area contributed by atoms with Crippen molar-refractivity contribution in [1.82, 2.24) is 10.2 Å². The zero-order valence-electron chi connectivity index (χ0n) is 13.8. The standard InChI is InChI=1S/C19H21FN2O3/c20-16-6-2-1-5-13(16)12-21-19(25)22-10-4-3-7-17(22)15-9-8-14(23)11-18(15)24/h1-2,5-6,8-9,11,17,23-24H,3-4,7,10,12H2,(H,21,25). The lowest BCUT2D eigenvalue weighted by Gasteiger charge is -2.36. The second-order valence-corrected chi connectivity index (χ2v) is 6.20. The van der Waals surface area contributed by atoms with Gasteiger partial charge in [-0.3, -0.25) is 0 Å². The SMILES string of the molecule is O=C(NCc1ccccc1F)N1CCCCC1c1ccc(O)cc1O. The first kappa shape index (κ1) is 17.1. The molecule has 3 rings (SSSR count). The zero-order chi connectivity index (χ0) is 17.8. The zero-order valence-corrected chi connectivity index (χ0v) is 13.8. The fourth-order valence-electron chi connectivity index (χ4n) is 3.23. The van der Waals surface area contributed by atoms with Crippen molar-refractivity contribution in [2.24, 2.45) is 0 Å². The number of likely N-dealkylation sites (tertiary alicyclic amines) is 1. The Hall–Kier alpha value is -2.76. The number of phenolic OH excluding ortho intramolecular Hbond substituents is 2. The molecule has 1 saturated heterocycles. The van der Waals surface area contributed by atoms with Crippen LogP contribution in [0.4, 0.5) is 9.18 Å². The number of halogens is 1. The van der Waals surface area contributed by atoms with Gasteiger partial charge in [0.2, 0.25) is 0 Å². The van der Waals surface area contributed by atoms with E-state index in [0.29, 0.717) is 17.7 Å². The van der Waals surface area contributed by atoms with Crippen LogP contribution in [-0.2, 0) is 6.54 Å². The molecule has 1 aliphatic rings. The number of piperidine rings is 1. The number of carbonyl (C=O) groups excluding carboxylic acids is 1. The van der Waals surface area contributed by atoms with Gasteiger partial charge >= 0.3 is 6.03 Å². The van der Waals surface area contributed by atoms with Crippen molar-refractivity contribution in [3.05, 3.63) is 59.4 Å². The minimum Gasteiger partial charge on any atom is -0.508 e. The fraction of sp³-hybridized carbons (Fsp3) is 0.316. The maximum Gasteiger partial charge on any atom is 0.318 e. The van der Waals surface area contributed by atoms with Gasteiger partial charge < -0.3 is 20.4 Å². The number of nitrogens with zero attached hydrogens (tertiary/aromatic N) is 1. The Labute approximate surface area is 145 Å². The van der Waals surface area contributed by atoms with Gasteiger partial charge in [0.15, 0.2) is 0 Å². The Balaban J connectivity index is 1.74. The molecule has 1 heterocycles. The highest BCUT2D eigenvalue weighted by molar-refractivity contribution is 5.75. The van der Waals surface area contributed by atoms with E-state index in [2.05, 4.69) is 5.32 Å². The van der Waals surface area contributed by atoms with E-state index in [9.17, 15) is 19.4 Å². The van der Waals surface area contributed by atoms with Crippen LogP contribution in [0, 0.1) is 5.82 Å². The lowest BCUT2D eigenvalue weighted by molar-refractivity contribution is 0.149. The van der Waals surface area contributed by atoms with Crippen LogP contribution in [0.3, 0.4) is 0 Å². The van der Waals surface area contributed by atoms with Crippen LogP contribution >= 0.6 is 0 Å². The van der Waals surface area contributed by atoms with E-state index in [4.69, 9.17) is 0 Å². The van der Waals surface area contributed by atoms with Crippen molar-refractivity contribution in [3.63, 3.8) is 0 Å². The third-order valence-electron chi connectivity index (χ3n) is 4.52. The molecule has 0 aliphatic carbocycles. The molecule has 2 amide bonds. The average molecular weight is 344 g/mol. The average Bonchev–Trinajstić information content (AvgIpc) is 2.61. The molecule has 2 aromatic carbocycles. The van der Waals surface area contributed by atoms with Crippen molar-refractivity contribution in [1.29, 1.82) is 0 Å². The molecule has 1 aliphatic heterocycles. The van der Waals surface area contributed by atoms with Crippen LogP contribution in [0.15, 0.2) is 42.5 Å². The number of carbonyl (C=O) groups is 1. The topological polar surface area (TPSA) is 72.8 Å². The maximum atomic E-state index is 13.7. The first-order valence-electron chi connectivity index (χ1n) is 8.36. The molecule has 0 spiro atoms. The predicted molar refractivity (Wildman–Crippen MR) is 91.7 cm³/mol. The summed E-state index contributed by atoms with van der Waals surface area (Å²) in [7, 11) is 0. The van der Waals surface area contributed by atoms with Crippen LogP contribution < -0.4 is 5.32 Å². The van der Waals surface area contributed by atoms with E-state index < -0.39 is 0 Å². The van der Waals surface area contributed by atoms with Crippen molar-refractivity contribution >= 4 is 6.03 Å². The molecule has 132 valence electrons. The number of hydrogen-bond acceptors (Lipinski definition) is 3. The van der Waals surface area contributed by atoms with Crippen molar-refractivity contribution in [2.45, 2.75) is 31.8 Å². The smallest absolute Gasteiger partial charge is 0.318 e. The van der Waals surface area contributed by atoms with Crippen LogP contribution in [0.1, 0.15) is 36.4 Å². The van der Waals surface area contributed by atoms with E-state index in [1.54, 1.807) is 29.2 Å². The number of nitrogens with one attached hydrogen (secondary N) is 1. The summed E-state index contributed by atoms with van der Waals surface area (Å²) in [6.45, 7) is 0.671. The molecule has 1 fully saturated rings. The van der Waals surface area contributed by atoms with Crippen molar-refractivity contribution in [3.8, 4) is 11.5 Å². The summed E-state index contributed by atoms with van der Waals surface area (Å²) in [5.74, 6) is -0.402. The lowest BCUT2D eigenvalue weighted by Crippen LogP contribution is -2.44. The molecule has 1 unspecified atom stereocenters. The number of hydrogen-bond donors (Lipinski definition) is 3. The Bertz CT molecular complexity index is 766. The summed E-state index contributed by atoms with van der Waals surface area (Å²) < 4.78 is 13.7. The maximum absolute atomic E-state index is 13.7. The first-order valence-corrected chi connectivity index (χ1v) is 8.36. The summed E-state index contributed by atoms with van der Waals surface area (Å²) in [6.07, 6.45) is 2.55. The largest absolute Gasteiger partial charge is 0.508 e. The Morgan fingerprint density at radius 2 is 2.00 bits per heavy atom. The van der Waals surface area contributed by atoms with Crippen LogP contribution in [0.5, 0.6) is 11.5 Å². The van der Waals surface area contributed by atoms with E-state index in [0.717, 1.165) is 19.3 Å². The molecular formula is C19H21FN2O3. The molecule has 6 heteroatoms. The molecule has 25 heavy (non-hydrogen) atoms. The van der Waals surface area contributed by atoms with Gasteiger partial charge in [-0.2, -0.15) is 0 Å². The minimum absolute atomic E-state index is 0.0207. The first-order chi connectivity index (χ1) is 12.1. The van der Waals surface area contributed by atoms with Crippen molar-refractivity contribution < 1.29 is 19.4 Å². The normalized spacial score (nSPS) is 17.3. The number of benzene rings is 2. The molecule has 5 nitrogen and oxygen atoms in total. The van der Waals surface area contributed by atoms with Crippen molar-refractivity contribution in [2.75, 3.05) is 6.54 Å².